The number of amides is 1. The van der Waals surface area contributed by atoms with Gasteiger partial charge in [0.1, 0.15) is 11.9 Å². The average Bonchev–Trinajstić information content (AvgIpc) is 2.44. The van der Waals surface area contributed by atoms with Crippen LogP contribution < -0.4 is 10.6 Å². The number of nitrogens with zero attached hydrogens (tertiary/aromatic N) is 1. The van der Waals surface area contributed by atoms with Crippen LogP contribution in [-0.2, 0) is 11.3 Å². The predicted molar refractivity (Wildman–Crippen MR) is 77.2 cm³/mol. The Balaban J connectivity index is 2.12. The minimum absolute atomic E-state index is 0.0258. The Labute approximate surface area is 123 Å². The van der Waals surface area contributed by atoms with E-state index in [1.54, 1.807) is 6.07 Å². The lowest BCUT2D eigenvalue weighted by Crippen LogP contribution is -2.57. The maximum absolute atomic E-state index is 13.8. The van der Waals surface area contributed by atoms with Gasteiger partial charge in [-0.1, -0.05) is 11.6 Å². The van der Waals surface area contributed by atoms with Gasteiger partial charge in [0.2, 0.25) is 5.91 Å². The van der Waals surface area contributed by atoms with Crippen LogP contribution in [0.3, 0.4) is 0 Å². The number of nitrogens with one attached hydrogen (secondary N) is 2. The van der Waals surface area contributed by atoms with Crippen molar-refractivity contribution in [3.05, 3.63) is 34.6 Å². The zero-order valence-electron chi connectivity index (χ0n) is 11.5. The second kappa shape index (κ2) is 7.02. The quantitative estimate of drug-likeness (QED) is 0.883. The molecule has 0 radical (unpaired) electrons. The molecule has 20 heavy (non-hydrogen) atoms. The number of halogens is 2. The van der Waals surface area contributed by atoms with Gasteiger partial charge in [-0.3, -0.25) is 9.69 Å². The first-order chi connectivity index (χ1) is 9.61. The molecule has 1 amide bonds. The fourth-order valence-corrected chi connectivity index (χ4v) is 2.56. The van der Waals surface area contributed by atoms with E-state index < -0.39 is 0 Å². The molecule has 1 aliphatic rings. The third kappa shape index (κ3) is 3.69. The molecule has 1 aromatic carbocycles. The van der Waals surface area contributed by atoms with Crippen molar-refractivity contribution in [2.24, 2.45) is 0 Å². The van der Waals surface area contributed by atoms with E-state index in [0.29, 0.717) is 36.8 Å². The number of rotatable bonds is 4. The van der Waals surface area contributed by atoms with E-state index in [4.69, 9.17) is 11.6 Å². The molecule has 0 spiro atoms. The van der Waals surface area contributed by atoms with Crippen molar-refractivity contribution in [3.8, 4) is 0 Å². The highest BCUT2D eigenvalue weighted by Crippen LogP contribution is 2.18. The van der Waals surface area contributed by atoms with Gasteiger partial charge >= 0.3 is 0 Å². The topological polar surface area (TPSA) is 44.4 Å². The number of carbonyl (C=O) groups excluding carboxylic acids is 1. The third-order valence-corrected chi connectivity index (χ3v) is 3.62. The van der Waals surface area contributed by atoms with E-state index in [2.05, 4.69) is 10.6 Å². The van der Waals surface area contributed by atoms with Crippen molar-refractivity contribution in [2.75, 3.05) is 26.2 Å². The lowest BCUT2D eigenvalue weighted by molar-refractivity contribution is -0.127. The van der Waals surface area contributed by atoms with Crippen LogP contribution in [0.4, 0.5) is 4.39 Å². The summed E-state index contributed by atoms with van der Waals surface area (Å²) < 4.78 is 13.8. The molecule has 0 aliphatic carbocycles. The number of hydrogen-bond donors (Lipinski definition) is 2. The van der Waals surface area contributed by atoms with Gasteiger partial charge < -0.3 is 10.6 Å². The highest BCUT2D eigenvalue weighted by Gasteiger charge is 2.28. The summed E-state index contributed by atoms with van der Waals surface area (Å²) in [6.45, 7) is 4.93. The van der Waals surface area contributed by atoms with Crippen LogP contribution in [0.25, 0.3) is 0 Å². The molecule has 1 heterocycles. The Morgan fingerprint density at radius 1 is 1.60 bits per heavy atom. The molecule has 1 aromatic rings. The van der Waals surface area contributed by atoms with Gasteiger partial charge in [0.05, 0.1) is 0 Å². The molecule has 1 saturated heterocycles. The molecule has 2 rings (SSSR count). The summed E-state index contributed by atoms with van der Waals surface area (Å²) in [5.74, 6) is -0.315. The van der Waals surface area contributed by atoms with Crippen molar-refractivity contribution in [2.45, 2.75) is 19.5 Å². The van der Waals surface area contributed by atoms with Gasteiger partial charge in [0.25, 0.3) is 0 Å². The first-order valence-electron chi connectivity index (χ1n) is 6.78. The molecule has 0 aromatic heterocycles. The van der Waals surface area contributed by atoms with Crippen LogP contribution >= 0.6 is 11.6 Å². The fraction of sp³-hybridized carbons (Fsp3) is 0.500. The molecular formula is C14H19ClFN3O. The molecule has 6 heteroatoms. The summed E-state index contributed by atoms with van der Waals surface area (Å²) >= 11 is 5.91. The molecule has 4 nitrogen and oxygen atoms in total. The zero-order chi connectivity index (χ0) is 14.5. The molecule has 1 fully saturated rings. The molecule has 1 aliphatic heterocycles. The van der Waals surface area contributed by atoms with Crippen molar-refractivity contribution in [1.82, 2.24) is 15.5 Å². The second-order valence-corrected chi connectivity index (χ2v) is 5.26. The third-order valence-electron chi connectivity index (χ3n) is 3.39. The number of piperazine rings is 1. The Kier molecular flexibility index (Phi) is 5.34. The second-order valence-electron chi connectivity index (χ2n) is 4.82. The van der Waals surface area contributed by atoms with Gasteiger partial charge in [-0.15, -0.1) is 0 Å². The maximum atomic E-state index is 13.8. The monoisotopic (exact) mass is 299 g/mol. The van der Waals surface area contributed by atoms with E-state index in [9.17, 15) is 9.18 Å². The van der Waals surface area contributed by atoms with E-state index in [1.807, 2.05) is 11.8 Å². The lowest BCUT2D eigenvalue weighted by atomic mass is 10.1. The maximum Gasteiger partial charge on any atom is 0.238 e. The predicted octanol–water partition coefficient (Wildman–Crippen LogP) is 1.39. The van der Waals surface area contributed by atoms with E-state index in [0.717, 1.165) is 6.54 Å². The molecule has 0 saturated carbocycles. The lowest BCUT2D eigenvalue weighted by Gasteiger charge is -2.35. The van der Waals surface area contributed by atoms with Crippen molar-refractivity contribution in [3.63, 3.8) is 0 Å². The van der Waals surface area contributed by atoms with Gasteiger partial charge in [-0.2, -0.15) is 0 Å². The van der Waals surface area contributed by atoms with Crippen LogP contribution in [0, 0.1) is 5.82 Å². The van der Waals surface area contributed by atoms with Crippen LogP contribution in [0.5, 0.6) is 0 Å². The largest absolute Gasteiger partial charge is 0.355 e. The standard InChI is InChI=1S/C14H19ClFN3O/c1-2-18-14(20)13-8-17-5-6-19(13)9-10-7-11(15)3-4-12(10)16/h3-4,7,13,17H,2,5-6,8-9H2,1H3,(H,18,20). The van der Waals surface area contributed by atoms with Crippen LogP contribution in [0.2, 0.25) is 5.02 Å². The Bertz CT molecular complexity index is 483. The Morgan fingerprint density at radius 2 is 2.40 bits per heavy atom. The molecule has 110 valence electrons. The van der Waals surface area contributed by atoms with Crippen LogP contribution in [0.15, 0.2) is 18.2 Å². The van der Waals surface area contributed by atoms with Gasteiger partial charge in [-0.25, -0.2) is 4.39 Å². The van der Waals surface area contributed by atoms with Crippen molar-refractivity contribution >= 4 is 17.5 Å². The van der Waals surface area contributed by atoms with Crippen molar-refractivity contribution < 1.29 is 9.18 Å². The molecule has 1 atom stereocenters. The zero-order valence-corrected chi connectivity index (χ0v) is 12.2. The average molecular weight is 300 g/mol. The smallest absolute Gasteiger partial charge is 0.238 e. The molecule has 0 bridgehead atoms. The summed E-state index contributed by atoms with van der Waals surface area (Å²) in [6.07, 6.45) is 0. The highest BCUT2D eigenvalue weighted by molar-refractivity contribution is 6.30. The summed E-state index contributed by atoms with van der Waals surface area (Å²) in [7, 11) is 0. The van der Waals surface area contributed by atoms with Gasteiger partial charge in [-0.05, 0) is 25.1 Å². The minimum atomic E-state index is -0.289. The molecule has 1 unspecified atom stereocenters. The number of benzene rings is 1. The van der Waals surface area contributed by atoms with E-state index >= 15 is 0 Å². The van der Waals surface area contributed by atoms with Crippen molar-refractivity contribution in [1.29, 1.82) is 0 Å². The normalized spacial score (nSPS) is 19.9. The molecule has 2 N–H and O–H groups in total. The van der Waals surface area contributed by atoms with Gasteiger partial charge in [0, 0.05) is 43.3 Å². The number of likely N-dealkylation sites (N-methyl/N-ethyl adjacent to an activating group) is 1. The minimum Gasteiger partial charge on any atom is -0.355 e. The number of hydrogen-bond acceptors (Lipinski definition) is 3. The molecular weight excluding hydrogens is 281 g/mol. The SMILES string of the molecule is CCNC(=O)C1CNCCN1Cc1cc(Cl)ccc1F. The van der Waals surface area contributed by atoms with E-state index in [1.165, 1.54) is 12.1 Å². The Hall–Kier alpha value is -1.17. The Morgan fingerprint density at radius 3 is 3.15 bits per heavy atom. The summed E-state index contributed by atoms with van der Waals surface area (Å²) in [4.78, 5) is 14.0. The first kappa shape index (κ1) is 15.2. The van der Waals surface area contributed by atoms with Gasteiger partial charge in [0.15, 0.2) is 0 Å². The van der Waals surface area contributed by atoms with Crippen LogP contribution in [0.1, 0.15) is 12.5 Å². The van der Waals surface area contributed by atoms with Crippen LogP contribution in [-0.4, -0.2) is 43.0 Å². The summed E-state index contributed by atoms with van der Waals surface area (Å²) in [6, 6.07) is 4.23. The number of carbonyl (C=O) groups is 1. The summed E-state index contributed by atoms with van der Waals surface area (Å²) in [5.41, 5.74) is 0.522. The summed E-state index contributed by atoms with van der Waals surface area (Å²) in [5, 5.41) is 6.52. The highest BCUT2D eigenvalue weighted by atomic mass is 35.5. The first-order valence-corrected chi connectivity index (χ1v) is 7.16. The fourth-order valence-electron chi connectivity index (χ4n) is 2.37. The van der Waals surface area contributed by atoms with E-state index in [-0.39, 0.29) is 17.8 Å².